The predicted octanol–water partition coefficient (Wildman–Crippen LogP) is 4.04. The zero-order valence-electron chi connectivity index (χ0n) is 16.3. The number of benzene rings is 2. The summed E-state index contributed by atoms with van der Waals surface area (Å²) in [6.07, 6.45) is 4.31. The molecule has 0 radical (unpaired) electrons. The van der Waals surface area contributed by atoms with E-state index in [9.17, 15) is 9.59 Å². The molecule has 6 nitrogen and oxygen atoms in total. The molecule has 2 aromatic heterocycles. The Bertz CT molecular complexity index is 1280. The van der Waals surface area contributed by atoms with Gasteiger partial charge in [-0.2, -0.15) is 5.10 Å². The third kappa shape index (κ3) is 3.64. The molecule has 2 aromatic carbocycles. The van der Waals surface area contributed by atoms with Crippen molar-refractivity contribution in [2.24, 2.45) is 0 Å². The van der Waals surface area contributed by atoms with Crippen molar-refractivity contribution in [1.29, 1.82) is 0 Å². The lowest BCUT2D eigenvalue weighted by atomic mass is 10.0. The number of nitrogens with one attached hydrogen (secondary N) is 1. The highest BCUT2D eigenvalue weighted by molar-refractivity contribution is 7.15. The largest absolute Gasteiger partial charge is 0.300 e. The van der Waals surface area contributed by atoms with Crippen LogP contribution in [0.4, 0.5) is 5.13 Å². The van der Waals surface area contributed by atoms with E-state index in [1.54, 1.807) is 6.07 Å². The minimum Gasteiger partial charge on any atom is -0.300 e. The van der Waals surface area contributed by atoms with Crippen LogP contribution >= 0.6 is 11.3 Å². The molecule has 4 aromatic rings. The number of amides is 1. The molecule has 0 unspecified atom stereocenters. The van der Waals surface area contributed by atoms with Gasteiger partial charge in [0.25, 0.3) is 5.56 Å². The van der Waals surface area contributed by atoms with Gasteiger partial charge in [-0.15, -0.1) is 11.3 Å². The normalized spacial score (nSPS) is 13.2. The first-order chi connectivity index (χ1) is 14.7. The maximum atomic E-state index is 12.6. The van der Waals surface area contributed by atoms with E-state index in [-0.39, 0.29) is 18.0 Å². The summed E-state index contributed by atoms with van der Waals surface area (Å²) in [7, 11) is 0. The number of aryl methyl sites for hydroxylation is 2. The van der Waals surface area contributed by atoms with Crippen LogP contribution in [0.15, 0.2) is 59.4 Å². The van der Waals surface area contributed by atoms with Crippen molar-refractivity contribution in [3.63, 3.8) is 0 Å². The zero-order valence-corrected chi connectivity index (χ0v) is 17.1. The second-order valence-corrected chi connectivity index (χ2v) is 8.47. The second kappa shape index (κ2) is 7.84. The van der Waals surface area contributed by atoms with Crippen LogP contribution in [0.2, 0.25) is 0 Å². The van der Waals surface area contributed by atoms with Gasteiger partial charge < -0.3 is 5.32 Å². The summed E-state index contributed by atoms with van der Waals surface area (Å²) in [6, 6.07) is 17.2. The van der Waals surface area contributed by atoms with Gasteiger partial charge in [0.15, 0.2) is 5.13 Å². The number of carbonyl (C=O) groups is 1. The molecule has 1 N–H and O–H groups in total. The summed E-state index contributed by atoms with van der Waals surface area (Å²) in [5, 5.41) is 10.0. The van der Waals surface area contributed by atoms with Crippen LogP contribution in [0.25, 0.3) is 22.0 Å². The number of hydrogen-bond donors (Lipinski definition) is 1. The Morgan fingerprint density at radius 2 is 1.87 bits per heavy atom. The van der Waals surface area contributed by atoms with E-state index in [2.05, 4.69) is 15.4 Å². The fourth-order valence-electron chi connectivity index (χ4n) is 3.85. The summed E-state index contributed by atoms with van der Waals surface area (Å²) in [5.74, 6) is -0.300. The molecular weight excluding hydrogens is 396 g/mol. The summed E-state index contributed by atoms with van der Waals surface area (Å²) >= 11 is 1.53. The minimum atomic E-state index is -0.312. The Morgan fingerprint density at radius 1 is 1.03 bits per heavy atom. The molecule has 1 aliphatic rings. The lowest BCUT2D eigenvalue weighted by Gasteiger charge is -2.09. The van der Waals surface area contributed by atoms with Gasteiger partial charge in [0.2, 0.25) is 5.91 Å². The fourth-order valence-corrected chi connectivity index (χ4v) is 4.92. The standard InChI is InChI=1S/C23H20N4O2S/c28-21(25-23-24-19-10-3-4-11-20(19)30-23)14-27-22(29)13-12-18(26-27)17-9-5-7-15-6-1-2-8-16(15)17/h1-2,5-9,12-13H,3-4,10-11,14H2,(H,24,25,28). The van der Waals surface area contributed by atoms with Crippen molar-refractivity contribution >= 4 is 33.1 Å². The molecule has 0 spiro atoms. The number of nitrogens with zero attached hydrogens (tertiary/aromatic N) is 3. The molecule has 1 aliphatic carbocycles. The van der Waals surface area contributed by atoms with Gasteiger partial charge in [0, 0.05) is 16.5 Å². The fraction of sp³-hybridized carbons (Fsp3) is 0.217. The van der Waals surface area contributed by atoms with Crippen LogP contribution in [0, 0.1) is 0 Å². The van der Waals surface area contributed by atoms with Crippen molar-refractivity contribution in [2.75, 3.05) is 5.32 Å². The first kappa shape index (κ1) is 18.7. The number of fused-ring (bicyclic) bond motifs is 2. The summed E-state index contributed by atoms with van der Waals surface area (Å²) in [4.78, 5) is 30.7. The first-order valence-corrected chi connectivity index (χ1v) is 10.8. The topological polar surface area (TPSA) is 76.9 Å². The quantitative estimate of drug-likeness (QED) is 0.545. The van der Waals surface area contributed by atoms with Gasteiger partial charge >= 0.3 is 0 Å². The van der Waals surface area contributed by atoms with Crippen molar-refractivity contribution < 1.29 is 4.79 Å². The summed E-state index contributed by atoms with van der Waals surface area (Å²) in [5.41, 5.74) is 2.36. The Balaban J connectivity index is 1.40. The lowest BCUT2D eigenvalue weighted by molar-refractivity contribution is -0.117. The van der Waals surface area contributed by atoms with Gasteiger partial charge in [0.05, 0.1) is 11.4 Å². The van der Waals surface area contributed by atoms with Crippen molar-refractivity contribution in [3.8, 4) is 11.3 Å². The van der Waals surface area contributed by atoms with Crippen LogP contribution in [0.5, 0.6) is 0 Å². The number of carbonyl (C=O) groups excluding carboxylic acids is 1. The molecule has 30 heavy (non-hydrogen) atoms. The van der Waals surface area contributed by atoms with Crippen molar-refractivity contribution in [3.05, 3.63) is 75.5 Å². The monoisotopic (exact) mass is 416 g/mol. The number of thiazole rings is 1. The molecular formula is C23H20N4O2S. The van der Waals surface area contributed by atoms with Gasteiger partial charge in [-0.25, -0.2) is 9.67 Å². The average Bonchev–Trinajstić information content (AvgIpc) is 3.17. The van der Waals surface area contributed by atoms with Crippen LogP contribution < -0.4 is 10.9 Å². The Morgan fingerprint density at radius 3 is 2.77 bits per heavy atom. The summed E-state index contributed by atoms with van der Waals surface area (Å²) < 4.78 is 1.21. The van der Waals surface area contributed by atoms with E-state index in [0.29, 0.717) is 10.8 Å². The number of rotatable bonds is 4. The van der Waals surface area contributed by atoms with E-state index in [1.165, 1.54) is 33.4 Å². The number of aromatic nitrogens is 3. The highest BCUT2D eigenvalue weighted by Crippen LogP contribution is 2.29. The molecule has 0 fully saturated rings. The molecule has 5 rings (SSSR count). The molecule has 1 amide bonds. The van der Waals surface area contributed by atoms with Crippen LogP contribution in [-0.2, 0) is 24.2 Å². The van der Waals surface area contributed by atoms with Gasteiger partial charge in [-0.05, 0) is 42.5 Å². The van der Waals surface area contributed by atoms with Gasteiger partial charge in [0.1, 0.15) is 6.54 Å². The molecule has 0 atom stereocenters. The molecule has 0 bridgehead atoms. The Kier molecular flexibility index (Phi) is 4.88. The van der Waals surface area contributed by atoms with Gasteiger partial charge in [-0.1, -0.05) is 42.5 Å². The Hall–Kier alpha value is -3.32. The highest BCUT2D eigenvalue weighted by Gasteiger charge is 2.17. The lowest BCUT2D eigenvalue weighted by Crippen LogP contribution is -2.29. The molecule has 0 saturated heterocycles. The zero-order chi connectivity index (χ0) is 20.5. The predicted molar refractivity (Wildman–Crippen MR) is 119 cm³/mol. The average molecular weight is 417 g/mol. The molecule has 150 valence electrons. The van der Waals surface area contributed by atoms with Crippen molar-refractivity contribution in [2.45, 2.75) is 32.2 Å². The molecule has 7 heteroatoms. The van der Waals surface area contributed by atoms with E-state index in [1.807, 2.05) is 42.5 Å². The van der Waals surface area contributed by atoms with Gasteiger partial charge in [-0.3, -0.25) is 9.59 Å². The van der Waals surface area contributed by atoms with E-state index < -0.39 is 0 Å². The SMILES string of the molecule is O=C(Cn1nc(-c2cccc3ccccc23)ccc1=O)Nc1nc2c(s1)CCCC2. The molecule has 0 aliphatic heterocycles. The van der Waals surface area contributed by atoms with Crippen LogP contribution in [0.3, 0.4) is 0 Å². The number of hydrogen-bond acceptors (Lipinski definition) is 5. The molecule has 0 saturated carbocycles. The van der Waals surface area contributed by atoms with Crippen LogP contribution in [0.1, 0.15) is 23.4 Å². The molecule has 2 heterocycles. The maximum Gasteiger partial charge on any atom is 0.267 e. The Labute approximate surface area is 177 Å². The summed E-state index contributed by atoms with van der Waals surface area (Å²) in [6.45, 7) is -0.151. The second-order valence-electron chi connectivity index (χ2n) is 7.39. The third-order valence-electron chi connectivity index (χ3n) is 5.32. The van der Waals surface area contributed by atoms with Crippen molar-refractivity contribution in [1.82, 2.24) is 14.8 Å². The van der Waals surface area contributed by atoms with E-state index in [4.69, 9.17) is 0 Å². The highest BCUT2D eigenvalue weighted by atomic mass is 32.1. The van der Waals surface area contributed by atoms with E-state index >= 15 is 0 Å². The maximum absolute atomic E-state index is 12.6. The third-order valence-corrected chi connectivity index (χ3v) is 6.39. The smallest absolute Gasteiger partial charge is 0.267 e. The van der Waals surface area contributed by atoms with E-state index in [0.717, 1.165) is 41.3 Å². The number of anilines is 1. The minimum absolute atomic E-state index is 0.151. The van der Waals surface area contributed by atoms with Crippen LogP contribution in [-0.4, -0.2) is 20.7 Å². The first-order valence-electron chi connectivity index (χ1n) is 10.0.